The minimum atomic E-state index is -0.264. The van der Waals surface area contributed by atoms with Gasteiger partial charge in [-0.25, -0.2) is 4.79 Å². The van der Waals surface area contributed by atoms with Crippen LogP contribution in [0.1, 0.15) is 36.6 Å². The minimum Gasteiger partial charge on any atom is -0.328 e. The fourth-order valence-electron chi connectivity index (χ4n) is 2.95. The third-order valence-corrected chi connectivity index (χ3v) is 4.84. The van der Waals surface area contributed by atoms with E-state index in [1.54, 1.807) is 18.3 Å². The van der Waals surface area contributed by atoms with Crippen LogP contribution in [-0.4, -0.2) is 23.2 Å². The van der Waals surface area contributed by atoms with Crippen LogP contribution in [0.5, 0.6) is 0 Å². The summed E-state index contributed by atoms with van der Waals surface area (Å²) in [7, 11) is 1.49. The third kappa shape index (κ3) is 4.50. The minimum absolute atomic E-state index is 0.0923. The molecule has 0 spiro atoms. The van der Waals surface area contributed by atoms with Crippen molar-refractivity contribution in [2.75, 3.05) is 7.11 Å². The summed E-state index contributed by atoms with van der Waals surface area (Å²) in [6, 6.07) is 12.8. The molecule has 1 saturated carbocycles. The quantitative estimate of drug-likeness (QED) is 0.780. The number of hydrogen-bond acceptors (Lipinski definition) is 3. The van der Waals surface area contributed by atoms with Crippen LogP contribution in [-0.2, 0) is 11.4 Å². The zero-order chi connectivity index (χ0) is 17.6. The molecule has 5 nitrogen and oxygen atoms in total. The van der Waals surface area contributed by atoms with E-state index in [-0.39, 0.29) is 12.1 Å². The maximum Gasteiger partial charge on any atom is 0.342 e. The first-order valence-corrected chi connectivity index (χ1v) is 8.82. The predicted molar refractivity (Wildman–Crippen MR) is 96.9 cm³/mol. The smallest absolute Gasteiger partial charge is 0.328 e. The molecular weight excluding hydrogens is 338 g/mol. The summed E-state index contributed by atoms with van der Waals surface area (Å²) in [6.07, 6.45) is 5.16. The molecule has 2 aromatic rings. The molecule has 1 aromatic carbocycles. The monoisotopic (exact) mass is 359 g/mol. The van der Waals surface area contributed by atoms with E-state index in [0.717, 1.165) is 24.1 Å². The molecule has 3 rings (SSSR count). The highest BCUT2D eigenvalue weighted by molar-refractivity contribution is 6.30. The number of halogens is 1. The Morgan fingerprint density at radius 1 is 1.32 bits per heavy atom. The molecule has 0 bridgehead atoms. The standard InChI is InChI=1S/C19H22ClN3O2/c1-25-23(13-14-8-10-16(20)11-9-14)19(24)22-18(15-5-4-6-15)17-7-2-3-12-21-17/h2-3,7-12,15,18H,4-6,13H2,1H3,(H,22,24). The number of amides is 2. The van der Waals surface area contributed by atoms with Crippen molar-refractivity contribution in [3.63, 3.8) is 0 Å². The summed E-state index contributed by atoms with van der Waals surface area (Å²) < 4.78 is 0. The Kier molecular flexibility index (Phi) is 5.89. The van der Waals surface area contributed by atoms with Crippen LogP contribution >= 0.6 is 11.6 Å². The first-order chi connectivity index (χ1) is 12.2. The molecular formula is C19H22ClN3O2. The van der Waals surface area contributed by atoms with Crippen LogP contribution in [0.4, 0.5) is 4.79 Å². The normalized spacial score (nSPS) is 15.3. The van der Waals surface area contributed by atoms with Crippen molar-refractivity contribution in [2.45, 2.75) is 31.8 Å². The summed E-state index contributed by atoms with van der Waals surface area (Å²) >= 11 is 5.91. The van der Waals surface area contributed by atoms with Gasteiger partial charge in [0, 0.05) is 11.2 Å². The molecule has 1 atom stereocenters. The van der Waals surface area contributed by atoms with Gasteiger partial charge in [-0.1, -0.05) is 36.2 Å². The van der Waals surface area contributed by atoms with E-state index in [1.165, 1.54) is 18.6 Å². The molecule has 2 amide bonds. The zero-order valence-corrected chi connectivity index (χ0v) is 14.9. The number of nitrogens with zero attached hydrogens (tertiary/aromatic N) is 2. The number of aromatic nitrogens is 1. The lowest BCUT2D eigenvalue weighted by Gasteiger charge is -2.35. The van der Waals surface area contributed by atoms with Crippen molar-refractivity contribution in [3.05, 3.63) is 64.9 Å². The van der Waals surface area contributed by atoms with Gasteiger partial charge in [0.25, 0.3) is 0 Å². The van der Waals surface area contributed by atoms with E-state index in [0.29, 0.717) is 17.5 Å². The van der Waals surface area contributed by atoms with Crippen molar-refractivity contribution in [2.24, 2.45) is 5.92 Å². The Balaban J connectivity index is 1.69. The molecule has 1 heterocycles. The van der Waals surface area contributed by atoms with Crippen LogP contribution in [0.25, 0.3) is 0 Å². The zero-order valence-electron chi connectivity index (χ0n) is 14.2. The van der Waals surface area contributed by atoms with E-state index in [9.17, 15) is 4.79 Å². The van der Waals surface area contributed by atoms with E-state index in [1.807, 2.05) is 30.3 Å². The molecule has 1 aliphatic carbocycles. The number of rotatable bonds is 6. The van der Waals surface area contributed by atoms with Crippen molar-refractivity contribution < 1.29 is 9.63 Å². The summed E-state index contributed by atoms with van der Waals surface area (Å²) in [5, 5.41) is 5.07. The maximum absolute atomic E-state index is 12.7. The number of urea groups is 1. The summed E-state index contributed by atoms with van der Waals surface area (Å²) in [5.74, 6) is 0.424. The van der Waals surface area contributed by atoms with Crippen LogP contribution < -0.4 is 5.32 Å². The van der Waals surface area contributed by atoms with Gasteiger partial charge < -0.3 is 5.32 Å². The Hall–Kier alpha value is -2.11. The number of hydroxylamine groups is 2. The van der Waals surface area contributed by atoms with Crippen molar-refractivity contribution in [1.82, 2.24) is 15.4 Å². The van der Waals surface area contributed by atoms with Gasteiger partial charge >= 0.3 is 6.03 Å². The molecule has 1 aromatic heterocycles. The Labute approximate surface area is 152 Å². The molecule has 1 N–H and O–H groups in total. The summed E-state index contributed by atoms with van der Waals surface area (Å²) in [6.45, 7) is 0.346. The second-order valence-corrected chi connectivity index (χ2v) is 6.65. The number of carbonyl (C=O) groups excluding carboxylic acids is 1. The lowest BCUT2D eigenvalue weighted by molar-refractivity contribution is -0.0947. The summed E-state index contributed by atoms with van der Waals surface area (Å²) in [5.41, 5.74) is 1.84. The number of carbonyl (C=O) groups is 1. The second kappa shape index (κ2) is 8.32. The first kappa shape index (κ1) is 17.7. The molecule has 0 aliphatic heterocycles. The van der Waals surface area contributed by atoms with Gasteiger partial charge in [-0.15, -0.1) is 0 Å². The van der Waals surface area contributed by atoms with Crippen LogP contribution in [0.15, 0.2) is 48.7 Å². The highest BCUT2D eigenvalue weighted by atomic mass is 35.5. The second-order valence-electron chi connectivity index (χ2n) is 6.22. The Morgan fingerprint density at radius 3 is 2.64 bits per heavy atom. The first-order valence-electron chi connectivity index (χ1n) is 8.45. The van der Waals surface area contributed by atoms with Gasteiger partial charge in [0.15, 0.2) is 0 Å². The van der Waals surface area contributed by atoms with E-state index in [2.05, 4.69) is 10.3 Å². The highest BCUT2D eigenvalue weighted by Crippen LogP contribution is 2.37. The van der Waals surface area contributed by atoms with E-state index in [4.69, 9.17) is 16.4 Å². The molecule has 6 heteroatoms. The van der Waals surface area contributed by atoms with Crippen LogP contribution in [0, 0.1) is 5.92 Å². The molecule has 1 fully saturated rings. The van der Waals surface area contributed by atoms with Gasteiger partial charge in [0.2, 0.25) is 0 Å². The number of nitrogens with one attached hydrogen (secondary N) is 1. The third-order valence-electron chi connectivity index (χ3n) is 4.59. The van der Waals surface area contributed by atoms with Crippen LogP contribution in [0.2, 0.25) is 5.02 Å². The maximum atomic E-state index is 12.7. The molecule has 1 aliphatic rings. The summed E-state index contributed by atoms with van der Waals surface area (Å²) in [4.78, 5) is 22.4. The topological polar surface area (TPSA) is 54.5 Å². The lowest BCUT2D eigenvalue weighted by Crippen LogP contribution is -2.44. The Morgan fingerprint density at radius 2 is 2.08 bits per heavy atom. The van der Waals surface area contributed by atoms with Gasteiger partial charge in [0.05, 0.1) is 25.4 Å². The fourth-order valence-corrected chi connectivity index (χ4v) is 3.07. The SMILES string of the molecule is CON(Cc1ccc(Cl)cc1)C(=O)NC(c1ccccn1)C1CCC1. The average molecular weight is 360 g/mol. The number of pyridine rings is 1. The fraction of sp³-hybridized carbons (Fsp3) is 0.368. The van der Waals surface area contributed by atoms with E-state index >= 15 is 0 Å². The largest absolute Gasteiger partial charge is 0.342 e. The molecule has 132 valence electrons. The Bertz CT molecular complexity index is 690. The average Bonchev–Trinajstić information content (AvgIpc) is 2.59. The molecule has 25 heavy (non-hydrogen) atoms. The molecule has 0 radical (unpaired) electrons. The van der Waals surface area contributed by atoms with Crippen LogP contribution in [0.3, 0.4) is 0 Å². The number of hydrogen-bond donors (Lipinski definition) is 1. The van der Waals surface area contributed by atoms with Crippen molar-refractivity contribution in [3.8, 4) is 0 Å². The van der Waals surface area contributed by atoms with Gasteiger partial charge in [-0.2, -0.15) is 5.06 Å². The lowest BCUT2D eigenvalue weighted by atomic mass is 9.78. The van der Waals surface area contributed by atoms with Crippen molar-refractivity contribution >= 4 is 17.6 Å². The highest BCUT2D eigenvalue weighted by Gasteiger charge is 2.31. The predicted octanol–water partition coefficient (Wildman–Crippen LogP) is 4.35. The van der Waals surface area contributed by atoms with E-state index < -0.39 is 0 Å². The van der Waals surface area contributed by atoms with Gasteiger partial charge in [-0.05, 0) is 48.6 Å². The number of benzene rings is 1. The molecule has 0 saturated heterocycles. The molecule has 1 unspecified atom stereocenters. The van der Waals surface area contributed by atoms with Gasteiger partial charge in [0.1, 0.15) is 0 Å². The van der Waals surface area contributed by atoms with Crippen molar-refractivity contribution in [1.29, 1.82) is 0 Å². The van der Waals surface area contributed by atoms with Gasteiger partial charge in [-0.3, -0.25) is 9.82 Å².